The van der Waals surface area contributed by atoms with Gasteiger partial charge in [-0.05, 0) is 11.4 Å². The van der Waals surface area contributed by atoms with Gasteiger partial charge >= 0.3 is 0 Å². The molecule has 0 spiro atoms. The van der Waals surface area contributed by atoms with E-state index in [-0.39, 0.29) is 0 Å². The Hall–Kier alpha value is -0.580. The van der Waals surface area contributed by atoms with Crippen molar-refractivity contribution in [2.75, 3.05) is 5.75 Å². The zero-order valence-electron chi connectivity index (χ0n) is 7.24. The second kappa shape index (κ2) is 4.29. The van der Waals surface area contributed by atoms with Crippen molar-refractivity contribution in [2.45, 2.75) is 5.03 Å². The predicted molar refractivity (Wildman–Crippen MR) is 63.1 cm³/mol. The van der Waals surface area contributed by atoms with Crippen LogP contribution in [0.3, 0.4) is 0 Å². The fourth-order valence-corrected chi connectivity index (χ4v) is 2.88. The average molecular weight is 243 g/mol. The quantitative estimate of drug-likeness (QED) is 0.608. The molecule has 0 atom stereocenters. The van der Waals surface area contributed by atoms with Crippen LogP contribution in [0.25, 0.3) is 10.2 Å². The minimum atomic E-state index is 0.637. The third-order valence-corrected chi connectivity index (χ3v) is 3.98. The molecule has 0 radical (unpaired) electrons. The number of thiophene rings is 1. The van der Waals surface area contributed by atoms with E-state index in [1.54, 1.807) is 29.4 Å². The van der Waals surface area contributed by atoms with Gasteiger partial charge in [0.05, 0.1) is 10.2 Å². The van der Waals surface area contributed by atoms with Gasteiger partial charge < -0.3 is 0 Å². The molecule has 0 amide bonds. The number of rotatable bonds is 3. The fraction of sp³-hybridized carbons (Fsp3) is 0.111. The molecule has 0 aliphatic carbocycles. The molecular formula is C9H7ClN2S2. The first-order valence-electron chi connectivity index (χ1n) is 3.91. The number of hydrogen-bond donors (Lipinski definition) is 0. The van der Waals surface area contributed by atoms with Crippen LogP contribution in [0.1, 0.15) is 0 Å². The van der Waals surface area contributed by atoms with Crippen molar-refractivity contribution in [3.8, 4) is 0 Å². The van der Waals surface area contributed by atoms with Crippen LogP contribution in [0.5, 0.6) is 0 Å². The van der Waals surface area contributed by atoms with E-state index in [1.165, 1.54) is 0 Å². The van der Waals surface area contributed by atoms with Crippen molar-refractivity contribution in [3.05, 3.63) is 29.4 Å². The zero-order chi connectivity index (χ0) is 9.97. The van der Waals surface area contributed by atoms with E-state index in [1.807, 2.05) is 11.4 Å². The predicted octanol–water partition coefficient (Wildman–Crippen LogP) is 3.54. The van der Waals surface area contributed by atoms with E-state index < -0.39 is 0 Å². The lowest BCUT2D eigenvalue weighted by Gasteiger charge is -1.99. The average Bonchev–Trinajstić information content (AvgIpc) is 2.62. The molecule has 14 heavy (non-hydrogen) atoms. The Balaban J connectivity index is 2.32. The normalized spacial score (nSPS) is 10.6. The molecule has 2 aromatic rings. The highest BCUT2D eigenvalue weighted by molar-refractivity contribution is 7.99. The van der Waals surface area contributed by atoms with Crippen LogP contribution in [0.4, 0.5) is 0 Å². The molecule has 0 fully saturated rings. The van der Waals surface area contributed by atoms with Crippen molar-refractivity contribution in [3.63, 3.8) is 0 Å². The van der Waals surface area contributed by atoms with Gasteiger partial charge in [0.2, 0.25) is 0 Å². The van der Waals surface area contributed by atoms with Crippen molar-refractivity contribution >= 4 is 44.9 Å². The summed E-state index contributed by atoms with van der Waals surface area (Å²) in [5.41, 5.74) is 0.993. The van der Waals surface area contributed by atoms with Gasteiger partial charge in [0.25, 0.3) is 0 Å². The first kappa shape index (κ1) is 9.96. The molecule has 2 aromatic heterocycles. The molecule has 0 aliphatic rings. The number of fused-ring (bicyclic) bond motifs is 1. The summed E-state index contributed by atoms with van der Waals surface area (Å²) in [5.74, 6) is 0.686. The van der Waals surface area contributed by atoms with Crippen molar-refractivity contribution in [1.29, 1.82) is 0 Å². The topological polar surface area (TPSA) is 25.8 Å². The highest BCUT2D eigenvalue weighted by Gasteiger charge is 2.05. The molecule has 0 N–H and O–H groups in total. The van der Waals surface area contributed by atoms with Crippen LogP contribution >= 0.6 is 34.7 Å². The lowest BCUT2D eigenvalue weighted by molar-refractivity contribution is 1.11. The maximum atomic E-state index is 5.70. The van der Waals surface area contributed by atoms with E-state index in [0.29, 0.717) is 10.8 Å². The van der Waals surface area contributed by atoms with E-state index in [9.17, 15) is 0 Å². The minimum Gasteiger partial charge on any atom is -0.235 e. The maximum Gasteiger partial charge on any atom is 0.118 e. The molecule has 0 bridgehead atoms. The summed E-state index contributed by atoms with van der Waals surface area (Å²) in [6.07, 6.45) is 1.58. The molecule has 2 heterocycles. The molecule has 0 saturated carbocycles. The standard InChI is InChI=1S/C9H7ClN2S2/c1-6(10)4-14-9-8-7(2-3-13-8)11-5-12-9/h2-3,5H,1,4H2. The molecule has 0 unspecified atom stereocenters. The maximum absolute atomic E-state index is 5.70. The van der Waals surface area contributed by atoms with E-state index >= 15 is 0 Å². The van der Waals surface area contributed by atoms with Crippen LogP contribution < -0.4 is 0 Å². The summed E-state index contributed by atoms with van der Waals surface area (Å²) in [5, 5.41) is 3.63. The summed E-state index contributed by atoms with van der Waals surface area (Å²) in [6.45, 7) is 3.64. The second-order valence-corrected chi connectivity index (χ2v) is 5.03. The molecular weight excluding hydrogens is 236 g/mol. The smallest absolute Gasteiger partial charge is 0.118 e. The Bertz CT molecular complexity index is 467. The van der Waals surface area contributed by atoms with Crippen molar-refractivity contribution in [1.82, 2.24) is 9.97 Å². The lowest BCUT2D eigenvalue weighted by atomic mass is 10.5. The largest absolute Gasteiger partial charge is 0.235 e. The van der Waals surface area contributed by atoms with Gasteiger partial charge in [-0.25, -0.2) is 9.97 Å². The summed E-state index contributed by atoms with van der Waals surface area (Å²) < 4.78 is 1.12. The number of nitrogens with zero attached hydrogens (tertiary/aromatic N) is 2. The third-order valence-electron chi connectivity index (χ3n) is 1.58. The summed E-state index contributed by atoms with van der Waals surface area (Å²) >= 11 is 8.93. The summed E-state index contributed by atoms with van der Waals surface area (Å²) in [7, 11) is 0. The summed E-state index contributed by atoms with van der Waals surface area (Å²) in [6, 6.07) is 1.99. The van der Waals surface area contributed by atoms with Gasteiger partial charge in [-0.3, -0.25) is 0 Å². The van der Waals surface area contributed by atoms with E-state index in [4.69, 9.17) is 11.6 Å². The van der Waals surface area contributed by atoms with Gasteiger partial charge in [0.15, 0.2) is 0 Å². The fourth-order valence-electron chi connectivity index (χ4n) is 1.02. The first-order chi connectivity index (χ1) is 6.77. The Morgan fingerprint density at radius 2 is 2.43 bits per heavy atom. The minimum absolute atomic E-state index is 0.637. The number of aromatic nitrogens is 2. The van der Waals surface area contributed by atoms with Crippen LogP contribution in [-0.2, 0) is 0 Å². The van der Waals surface area contributed by atoms with Gasteiger partial charge in [-0.2, -0.15) is 0 Å². The monoisotopic (exact) mass is 242 g/mol. The molecule has 5 heteroatoms. The Morgan fingerprint density at radius 1 is 1.57 bits per heavy atom. The summed E-state index contributed by atoms with van der Waals surface area (Å²) in [4.78, 5) is 8.37. The number of halogens is 1. The highest BCUT2D eigenvalue weighted by atomic mass is 35.5. The lowest BCUT2D eigenvalue weighted by Crippen LogP contribution is -1.84. The van der Waals surface area contributed by atoms with Crippen molar-refractivity contribution < 1.29 is 0 Å². The Kier molecular flexibility index (Phi) is 3.05. The number of thioether (sulfide) groups is 1. The highest BCUT2D eigenvalue weighted by Crippen LogP contribution is 2.29. The SMILES string of the molecule is C=C(Cl)CSc1ncnc2ccsc12. The molecule has 72 valence electrons. The van der Waals surface area contributed by atoms with Crippen LogP contribution in [-0.4, -0.2) is 15.7 Å². The second-order valence-electron chi connectivity index (χ2n) is 2.62. The first-order valence-corrected chi connectivity index (χ1v) is 6.16. The van der Waals surface area contributed by atoms with Crippen LogP contribution in [0.15, 0.2) is 34.4 Å². The van der Waals surface area contributed by atoms with Gasteiger partial charge in [0, 0.05) is 10.8 Å². The third kappa shape index (κ3) is 2.08. The molecule has 0 aromatic carbocycles. The van der Waals surface area contributed by atoms with E-state index in [0.717, 1.165) is 15.2 Å². The van der Waals surface area contributed by atoms with Gasteiger partial charge in [0.1, 0.15) is 11.4 Å². The molecule has 0 aliphatic heterocycles. The van der Waals surface area contributed by atoms with Gasteiger partial charge in [-0.15, -0.1) is 11.3 Å². The van der Waals surface area contributed by atoms with E-state index in [2.05, 4.69) is 16.5 Å². The molecule has 2 rings (SSSR count). The zero-order valence-corrected chi connectivity index (χ0v) is 9.62. The Labute approximate surface area is 95.0 Å². The molecule has 0 saturated heterocycles. The van der Waals surface area contributed by atoms with Crippen LogP contribution in [0, 0.1) is 0 Å². The van der Waals surface area contributed by atoms with Crippen molar-refractivity contribution in [2.24, 2.45) is 0 Å². The molecule has 2 nitrogen and oxygen atoms in total. The number of hydrogen-bond acceptors (Lipinski definition) is 4. The van der Waals surface area contributed by atoms with Crippen LogP contribution in [0.2, 0.25) is 0 Å². The van der Waals surface area contributed by atoms with Gasteiger partial charge in [-0.1, -0.05) is 29.9 Å². The Morgan fingerprint density at radius 3 is 3.21 bits per heavy atom.